The molecule has 0 aromatic rings. The number of alkyl halides is 3. The van der Waals surface area contributed by atoms with Gasteiger partial charge >= 0.3 is 12.3 Å². The van der Waals surface area contributed by atoms with Crippen LogP contribution in [0.4, 0.5) is 18.0 Å². The molecule has 0 aromatic carbocycles. The van der Waals surface area contributed by atoms with E-state index in [9.17, 15) is 18.0 Å². The summed E-state index contributed by atoms with van der Waals surface area (Å²) in [7, 11) is 0. The highest BCUT2D eigenvalue weighted by molar-refractivity contribution is 7.80. The molecule has 1 fully saturated rings. The molecule has 1 amide bonds. The molecule has 4 nitrogen and oxygen atoms in total. The number of carbonyl (C=O) groups is 1. The van der Waals surface area contributed by atoms with Crippen LogP contribution in [0, 0.1) is 0 Å². The van der Waals surface area contributed by atoms with E-state index < -0.39 is 28.4 Å². The molecule has 110 valence electrons. The van der Waals surface area contributed by atoms with Gasteiger partial charge in [-0.25, -0.2) is 4.79 Å². The average Bonchev–Trinajstić information content (AvgIpc) is 2.57. The minimum atomic E-state index is -4.72. The summed E-state index contributed by atoms with van der Waals surface area (Å²) in [6, 6.07) is 0. The van der Waals surface area contributed by atoms with Crippen LogP contribution in [0.2, 0.25) is 0 Å². The molecule has 1 atom stereocenters. The van der Waals surface area contributed by atoms with E-state index in [-0.39, 0.29) is 19.4 Å². The quantitative estimate of drug-likeness (QED) is 0.756. The number of rotatable bonds is 1. The normalized spacial score (nSPS) is 24.4. The van der Waals surface area contributed by atoms with Crippen molar-refractivity contribution in [2.24, 2.45) is 5.73 Å². The summed E-state index contributed by atoms with van der Waals surface area (Å²) in [6.07, 6.45) is -5.91. The molecule has 2 N–H and O–H groups in total. The lowest BCUT2D eigenvalue weighted by molar-refractivity contribution is -0.194. The van der Waals surface area contributed by atoms with E-state index in [1.54, 1.807) is 20.8 Å². The number of likely N-dealkylation sites (tertiary alicyclic amines) is 1. The predicted molar refractivity (Wildman–Crippen MR) is 67.7 cm³/mol. The molecule has 0 saturated carbocycles. The Balaban J connectivity index is 3.12. The van der Waals surface area contributed by atoms with E-state index in [4.69, 9.17) is 10.5 Å². The fraction of sp³-hybridized carbons (Fsp3) is 0.818. The Morgan fingerprint density at radius 3 is 2.26 bits per heavy atom. The van der Waals surface area contributed by atoms with Gasteiger partial charge in [0.2, 0.25) is 0 Å². The zero-order valence-electron chi connectivity index (χ0n) is 11.0. The van der Waals surface area contributed by atoms with Crippen LogP contribution in [0.5, 0.6) is 0 Å². The van der Waals surface area contributed by atoms with E-state index in [2.05, 4.69) is 12.2 Å². The molecule has 1 saturated heterocycles. The third-order valence-electron chi connectivity index (χ3n) is 2.87. The molecule has 0 unspecified atom stereocenters. The van der Waals surface area contributed by atoms with Gasteiger partial charge < -0.3 is 10.5 Å². The molecule has 0 radical (unpaired) electrons. The van der Waals surface area contributed by atoms with Crippen molar-refractivity contribution in [2.75, 3.05) is 6.54 Å². The molecular weight excluding hydrogens is 281 g/mol. The van der Waals surface area contributed by atoms with Crippen LogP contribution in [0.15, 0.2) is 0 Å². The fourth-order valence-electron chi connectivity index (χ4n) is 2.07. The van der Waals surface area contributed by atoms with Crippen molar-refractivity contribution in [1.82, 2.24) is 4.90 Å². The van der Waals surface area contributed by atoms with Crippen molar-refractivity contribution in [2.45, 2.75) is 50.9 Å². The van der Waals surface area contributed by atoms with Crippen LogP contribution in [0.3, 0.4) is 0 Å². The van der Waals surface area contributed by atoms with E-state index >= 15 is 0 Å². The van der Waals surface area contributed by atoms with Crippen LogP contribution in [0.1, 0.15) is 33.6 Å². The molecule has 0 aliphatic carbocycles. The minimum Gasteiger partial charge on any atom is -0.444 e. The highest BCUT2D eigenvalue weighted by Crippen LogP contribution is 2.44. The standard InChI is InChI=1S/C11H17F3N2O2S/c1-9(2,3)18-8(17)16-6-4-5-10(16,7(15)19)11(12,13)14/h4-6H2,1-3H3,(H2,15,19)/t10-/m1/s1. The Hall–Kier alpha value is -1.05. The molecule has 1 aliphatic heterocycles. The average molecular weight is 298 g/mol. The summed E-state index contributed by atoms with van der Waals surface area (Å²) < 4.78 is 44.9. The van der Waals surface area contributed by atoms with Gasteiger partial charge in [-0.2, -0.15) is 13.2 Å². The third kappa shape index (κ3) is 2.93. The minimum absolute atomic E-state index is 0.0776. The highest BCUT2D eigenvalue weighted by atomic mass is 32.1. The van der Waals surface area contributed by atoms with Crippen LogP contribution in [-0.2, 0) is 4.74 Å². The van der Waals surface area contributed by atoms with Crippen molar-refractivity contribution in [1.29, 1.82) is 0 Å². The summed E-state index contributed by atoms with van der Waals surface area (Å²) in [5.41, 5.74) is 1.80. The number of hydrogen-bond donors (Lipinski definition) is 1. The van der Waals surface area contributed by atoms with E-state index in [1.165, 1.54) is 0 Å². The maximum atomic E-state index is 13.3. The van der Waals surface area contributed by atoms with Gasteiger partial charge in [0.1, 0.15) is 10.6 Å². The number of hydrogen-bond acceptors (Lipinski definition) is 3. The lowest BCUT2D eigenvalue weighted by atomic mass is 9.95. The number of amides is 1. The number of nitrogens with two attached hydrogens (primary N) is 1. The van der Waals surface area contributed by atoms with Gasteiger partial charge in [0.25, 0.3) is 0 Å². The number of halogens is 3. The molecule has 1 aliphatic rings. The molecule has 0 spiro atoms. The molecule has 1 heterocycles. The van der Waals surface area contributed by atoms with Gasteiger partial charge in [0.05, 0.1) is 0 Å². The predicted octanol–water partition coefficient (Wildman–Crippen LogP) is 2.60. The number of ether oxygens (including phenoxy) is 1. The van der Waals surface area contributed by atoms with E-state index in [1.807, 2.05) is 0 Å². The Morgan fingerprint density at radius 1 is 1.37 bits per heavy atom. The third-order valence-corrected chi connectivity index (χ3v) is 3.21. The second kappa shape index (κ2) is 4.81. The van der Waals surface area contributed by atoms with Crippen LogP contribution in [0.25, 0.3) is 0 Å². The van der Waals surface area contributed by atoms with Gasteiger partial charge in [0.15, 0.2) is 5.54 Å². The van der Waals surface area contributed by atoms with Crippen molar-refractivity contribution < 1.29 is 22.7 Å². The van der Waals surface area contributed by atoms with Crippen LogP contribution >= 0.6 is 12.2 Å². The SMILES string of the molecule is CC(C)(C)OC(=O)N1CCC[C@@]1(C(N)=S)C(F)(F)F. The Bertz CT molecular complexity index is 392. The number of thiocarbonyl (C=S) groups is 1. The lowest BCUT2D eigenvalue weighted by Gasteiger charge is -2.39. The van der Waals surface area contributed by atoms with Crippen molar-refractivity contribution in [3.05, 3.63) is 0 Å². The highest BCUT2D eigenvalue weighted by Gasteiger charge is 2.64. The van der Waals surface area contributed by atoms with E-state index in [0.29, 0.717) is 4.90 Å². The zero-order valence-corrected chi connectivity index (χ0v) is 11.8. The van der Waals surface area contributed by atoms with Gasteiger partial charge in [-0.1, -0.05) is 12.2 Å². The van der Waals surface area contributed by atoms with Crippen molar-refractivity contribution >= 4 is 23.3 Å². The van der Waals surface area contributed by atoms with Gasteiger partial charge in [-0.15, -0.1) is 0 Å². The Kier molecular flexibility index (Phi) is 4.05. The van der Waals surface area contributed by atoms with Crippen LogP contribution in [-0.4, -0.2) is 39.8 Å². The Labute approximate surface area is 115 Å². The molecular formula is C11H17F3N2O2S. The maximum absolute atomic E-state index is 13.3. The maximum Gasteiger partial charge on any atom is 0.418 e. The first-order chi connectivity index (χ1) is 8.42. The second-order valence-electron chi connectivity index (χ2n) is 5.46. The number of nitrogens with zero attached hydrogens (tertiary/aromatic N) is 1. The topological polar surface area (TPSA) is 55.6 Å². The first kappa shape index (κ1) is 16.0. The summed E-state index contributed by atoms with van der Waals surface area (Å²) in [4.78, 5) is 11.8. The fourth-order valence-corrected chi connectivity index (χ4v) is 2.40. The summed E-state index contributed by atoms with van der Waals surface area (Å²) in [6.45, 7) is 4.66. The number of carbonyl (C=O) groups excluding carboxylic acids is 1. The molecule has 19 heavy (non-hydrogen) atoms. The first-order valence-corrected chi connectivity index (χ1v) is 6.20. The van der Waals surface area contributed by atoms with Gasteiger partial charge in [-0.3, -0.25) is 4.90 Å². The molecule has 1 rings (SSSR count). The molecule has 0 aromatic heterocycles. The smallest absolute Gasteiger partial charge is 0.418 e. The second-order valence-corrected chi connectivity index (χ2v) is 5.90. The van der Waals surface area contributed by atoms with Crippen molar-refractivity contribution in [3.8, 4) is 0 Å². The largest absolute Gasteiger partial charge is 0.444 e. The molecule has 0 bridgehead atoms. The van der Waals surface area contributed by atoms with E-state index in [0.717, 1.165) is 0 Å². The monoisotopic (exact) mass is 298 g/mol. The summed E-state index contributed by atoms with van der Waals surface area (Å²) in [5.74, 6) is 0. The van der Waals surface area contributed by atoms with Crippen LogP contribution < -0.4 is 5.73 Å². The summed E-state index contributed by atoms with van der Waals surface area (Å²) >= 11 is 4.56. The summed E-state index contributed by atoms with van der Waals surface area (Å²) in [5, 5.41) is 0. The van der Waals surface area contributed by atoms with Gasteiger partial charge in [-0.05, 0) is 33.6 Å². The Morgan fingerprint density at radius 2 is 1.89 bits per heavy atom. The van der Waals surface area contributed by atoms with Crippen molar-refractivity contribution in [3.63, 3.8) is 0 Å². The lowest BCUT2D eigenvalue weighted by Crippen LogP contribution is -2.64. The molecule has 8 heteroatoms. The van der Waals surface area contributed by atoms with Gasteiger partial charge in [0, 0.05) is 6.54 Å². The zero-order chi connectivity index (χ0) is 15.1. The first-order valence-electron chi connectivity index (χ1n) is 5.79.